The average molecular weight is 241 g/mol. The summed E-state index contributed by atoms with van der Waals surface area (Å²) in [7, 11) is 0. The second-order valence-electron chi connectivity index (χ2n) is 3.72. The molecule has 6 heteroatoms. The van der Waals surface area contributed by atoms with E-state index in [1.165, 1.54) is 0 Å². The number of hydrogen-bond donors (Lipinski definition) is 2. The smallest absolute Gasteiger partial charge is 0.395 e. The van der Waals surface area contributed by atoms with Crippen LogP contribution in [0, 0.1) is 6.92 Å². The maximum absolute atomic E-state index is 12.5. The van der Waals surface area contributed by atoms with Gasteiger partial charge >= 0.3 is 6.18 Å². The van der Waals surface area contributed by atoms with E-state index in [2.05, 4.69) is 5.10 Å². The third-order valence-electron chi connectivity index (χ3n) is 2.41. The molecule has 0 radical (unpaired) electrons. The zero-order valence-corrected chi connectivity index (χ0v) is 8.97. The van der Waals surface area contributed by atoms with E-state index in [1.807, 2.05) is 12.0 Å². The Morgan fingerprint density at radius 3 is 2.24 bits per heavy atom. The SMILES string of the molecule is Cc1ccc(-c2n[nH]c(C(F)(F)F)c2N)cc1. The Morgan fingerprint density at radius 1 is 1.18 bits per heavy atom. The molecule has 3 nitrogen and oxygen atoms in total. The van der Waals surface area contributed by atoms with Crippen LogP contribution in [0.15, 0.2) is 24.3 Å². The summed E-state index contributed by atoms with van der Waals surface area (Å²) in [5.41, 5.74) is 5.76. The molecule has 0 aliphatic heterocycles. The first-order valence-corrected chi connectivity index (χ1v) is 4.87. The fourth-order valence-electron chi connectivity index (χ4n) is 1.50. The van der Waals surface area contributed by atoms with Gasteiger partial charge in [-0.15, -0.1) is 0 Å². The molecule has 0 aliphatic carbocycles. The van der Waals surface area contributed by atoms with Crippen LogP contribution in [0.5, 0.6) is 0 Å². The van der Waals surface area contributed by atoms with E-state index in [-0.39, 0.29) is 11.4 Å². The molecular formula is C11H10F3N3. The fraction of sp³-hybridized carbons (Fsp3) is 0.182. The number of aromatic amines is 1. The average Bonchev–Trinajstić information content (AvgIpc) is 2.61. The Hall–Kier alpha value is -1.98. The lowest BCUT2D eigenvalue weighted by atomic mass is 10.1. The van der Waals surface area contributed by atoms with Crippen molar-refractivity contribution >= 4 is 5.69 Å². The summed E-state index contributed by atoms with van der Waals surface area (Å²) in [6.07, 6.45) is -4.51. The van der Waals surface area contributed by atoms with Gasteiger partial charge in [-0.05, 0) is 6.92 Å². The van der Waals surface area contributed by atoms with Gasteiger partial charge in [0, 0.05) is 5.56 Å². The van der Waals surface area contributed by atoms with Crippen molar-refractivity contribution in [2.24, 2.45) is 0 Å². The third kappa shape index (κ3) is 2.11. The number of rotatable bonds is 1. The quantitative estimate of drug-likeness (QED) is 0.806. The Morgan fingerprint density at radius 2 is 1.76 bits per heavy atom. The summed E-state index contributed by atoms with van der Waals surface area (Å²) in [4.78, 5) is 0. The van der Waals surface area contributed by atoms with E-state index in [1.54, 1.807) is 24.3 Å². The topological polar surface area (TPSA) is 54.7 Å². The van der Waals surface area contributed by atoms with Gasteiger partial charge in [-0.1, -0.05) is 29.8 Å². The normalized spacial score (nSPS) is 11.8. The summed E-state index contributed by atoms with van der Waals surface area (Å²) in [6, 6.07) is 6.94. The van der Waals surface area contributed by atoms with Crippen LogP contribution in [-0.2, 0) is 6.18 Å². The summed E-state index contributed by atoms with van der Waals surface area (Å²) >= 11 is 0. The molecular weight excluding hydrogens is 231 g/mol. The molecule has 0 aliphatic rings. The number of aryl methyl sites for hydroxylation is 1. The monoisotopic (exact) mass is 241 g/mol. The number of aromatic nitrogens is 2. The Kier molecular flexibility index (Phi) is 2.57. The van der Waals surface area contributed by atoms with Crippen molar-refractivity contribution in [1.82, 2.24) is 10.2 Å². The molecule has 90 valence electrons. The number of alkyl halides is 3. The lowest BCUT2D eigenvalue weighted by molar-refractivity contribution is -0.140. The van der Waals surface area contributed by atoms with Crippen molar-refractivity contribution in [2.75, 3.05) is 5.73 Å². The van der Waals surface area contributed by atoms with Crippen LogP contribution < -0.4 is 5.73 Å². The number of anilines is 1. The fourth-order valence-corrected chi connectivity index (χ4v) is 1.50. The first kappa shape index (κ1) is 11.5. The van der Waals surface area contributed by atoms with Gasteiger partial charge in [0.1, 0.15) is 5.69 Å². The minimum absolute atomic E-state index is 0.123. The van der Waals surface area contributed by atoms with Gasteiger partial charge in [0.2, 0.25) is 0 Å². The highest BCUT2D eigenvalue weighted by Crippen LogP contribution is 2.36. The molecule has 0 unspecified atom stereocenters. The van der Waals surface area contributed by atoms with Gasteiger partial charge < -0.3 is 5.73 Å². The largest absolute Gasteiger partial charge is 0.434 e. The van der Waals surface area contributed by atoms with Crippen LogP contribution in [0.1, 0.15) is 11.3 Å². The number of nitrogens with one attached hydrogen (secondary N) is 1. The van der Waals surface area contributed by atoms with E-state index in [9.17, 15) is 13.2 Å². The lowest BCUT2D eigenvalue weighted by Crippen LogP contribution is -2.08. The Bertz CT molecular complexity index is 526. The van der Waals surface area contributed by atoms with Crippen molar-refractivity contribution in [3.05, 3.63) is 35.5 Å². The number of nitrogen functional groups attached to an aromatic ring is 1. The predicted octanol–water partition coefficient (Wildman–Crippen LogP) is 2.99. The number of benzene rings is 1. The molecule has 0 saturated carbocycles. The predicted molar refractivity (Wildman–Crippen MR) is 58.2 cm³/mol. The number of nitrogens with zero attached hydrogens (tertiary/aromatic N) is 1. The van der Waals surface area contributed by atoms with Crippen molar-refractivity contribution in [3.8, 4) is 11.3 Å². The van der Waals surface area contributed by atoms with Gasteiger partial charge in [0.05, 0.1) is 5.69 Å². The molecule has 1 aromatic heterocycles. The van der Waals surface area contributed by atoms with Crippen molar-refractivity contribution in [3.63, 3.8) is 0 Å². The molecule has 0 bridgehead atoms. The van der Waals surface area contributed by atoms with Crippen LogP contribution in [0.3, 0.4) is 0 Å². The number of H-pyrrole nitrogens is 1. The van der Waals surface area contributed by atoms with Crippen LogP contribution in [-0.4, -0.2) is 10.2 Å². The van der Waals surface area contributed by atoms with Gasteiger partial charge in [0.25, 0.3) is 0 Å². The van der Waals surface area contributed by atoms with E-state index in [0.29, 0.717) is 5.56 Å². The number of hydrogen-bond acceptors (Lipinski definition) is 2. The Balaban J connectivity index is 2.48. The maximum atomic E-state index is 12.5. The lowest BCUT2D eigenvalue weighted by Gasteiger charge is -2.04. The summed E-state index contributed by atoms with van der Waals surface area (Å²) in [5, 5.41) is 5.54. The van der Waals surface area contributed by atoms with Crippen molar-refractivity contribution in [2.45, 2.75) is 13.1 Å². The number of nitrogens with two attached hydrogens (primary N) is 1. The molecule has 17 heavy (non-hydrogen) atoms. The van der Waals surface area contributed by atoms with E-state index < -0.39 is 11.9 Å². The summed E-state index contributed by atoms with van der Waals surface area (Å²) < 4.78 is 37.5. The van der Waals surface area contributed by atoms with Crippen molar-refractivity contribution < 1.29 is 13.2 Å². The van der Waals surface area contributed by atoms with Crippen LogP contribution >= 0.6 is 0 Å². The minimum atomic E-state index is -4.51. The zero-order chi connectivity index (χ0) is 12.6. The first-order valence-electron chi connectivity index (χ1n) is 4.87. The van der Waals surface area contributed by atoms with Gasteiger partial charge in [-0.2, -0.15) is 18.3 Å². The first-order chi connectivity index (χ1) is 7.89. The van der Waals surface area contributed by atoms with E-state index in [4.69, 9.17) is 5.73 Å². The van der Waals surface area contributed by atoms with Crippen LogP contribution in [0.4, 0.5) is 18.9 Å². The maximum Gasteiger partial charge on any atom is 0.434 e. The molecule has 0 fully saturated rings. The second-order valence-corrected chi connectivity index (χ2v) is 3.72. The molecule has 2 aromatic rings. The highest BCUT2D eigenvalue weighted by Gasteiger charge is 2.36. The standard InChI is InChI=1S/C11H10F3N3/c1-6-2-4-7(5-3-6)9-8(15)10(17-16-9)11(12,13)14/h2-5H,15H2,1H3,(H,16,17). The molecule has 0 atom stereocenters. The van der Waals surface area contributed by atoms with Crippen LogP contribution in [0.2, 0.25) is 0 Å². The van der Waals surface area contributed by atoms with Crippen LogP contribution in [0.25, 0.3) is 11.3 Å². The second kappa shape index (κ2) is 3.80. The highest BCUT2D eigenvalue weighted by molar-refractivity contribution is 5.74. The Labute approximate surface area is 95.5 Å². The summed E-state index contributed by atoms with van der Waals surface area (Å²) in [6.45, 7) is 1.89. The molecule has 3 N–H and O–H groups in total. The van der Waals surface area contributed by atoms with Gasteiger partial charge in [-0.3, -0.25) is 5.10 Å². The molecule has 1 heterocycles. The molecule has 1 aromatic carbocycles. The van der Waals surface area contributed by atoms with E-state index in [0.717, 1.165) is 5.56 Å². The molecule has 0 spiro atoms. The number of halogens is 3. The minimum Gasteiger partial charge on any atom is -0.395 e. The third-order valence-corrected chi connectivity index (χ3v) is 2.41. The highest BCUT2D eigenvalue weighted by atomic mass is 19.4. The van der Waals surface area contributed by atoms with Gasteiger partial charge in [-0.25, -0.2) is 0 Å². The van der Waals surface area contributed by atoms with E-state index >= 15 is 0 Å². The molecule has 2 rings (SSSR count). The zero-order valence-electron chi connectivity index (χ0n) is 8.97. The molecule has 0 saturated heterocycles. The molecule has 0 amide bonds. The van der Waals surface area contributed by atoms with Crippen molar-refractivity contribution in [1.29, 1.82) is 0 Å². The van der Waals surface area contributed by atoms with Gasteiger partial charge in [0.15, 0.2) is 5.69 Å². The summed E-state index contributed by atoms with van der Waals surface area (Å²) in [5.74, 6) is 0.